The number of carbonyl (C=O) groups is 1. The summed E-state index contributed by atoms with van der Waals surface area (Å²) >= 11 is 1.09. The third kappa shape index (κ3) is 2.36. The van der Waals surface area contributed by atoms with E-state index in [1.807, 2.05) is 6.92 Å². The highest BCUT2D eigenvalue weighted by Crippen LogP contribution is 2.02. The molecule has 0 atom stereocenters. The molecular weight excluding hydrogens is 164 g/mol. The molecule has 5 heteroatoms. The smallest absolute Gasteiger partial charge is 0.201 e. The largest absolute Gasteiger partial charge is 0.374 e. The third-order valence-corrected chi connectivity index (χ3v) is 1.78. The quantitative estimate of drug-likeness (QED) is 0.629. The molecule has 0 spiro atoms. The fourth-order valence-electron chi connectivity index (χ4n) is 0.556. The van der Waals surface area contributed by atoms with Crippen molar-refractivity contribution in [2.24, 2.45) is 0 Å². The lowest BCUT2D eigenvalue weighted by Gasteiger charge is -1.95. The van der Waals surface area contributed by atoms with Crippen LogP contribution in [-0.2, 0) is 4.74 Å². The number of aromatic nitrogens is 2. The lowest BCUT2D eigenvalue weighted by molar-refractivity contribution is 0.0787. The van der Waals surface area contributed by atoms with Crippen LogP contribution in [0.5, 0.6) is 0 Å². The Morgan fingerprint density at radius 3 is 3.18 bits per heavy atom. The molecule has 0 bridgehead atoms. The number of rotatable bonds is 4. The lowest BCUT2D eigenvalue weighted by atomic mass is 10.4. The Hall–Kier alpha value is -0.810. The normalized spacial score (nSPS) is 9.91. The van der Waals surface area contributed by atoms with E-state index in [0.717, 1.165) is 11.5 Å². The second-order valence-corrected chi connectivity index (χ2v) is 2.63. The zero-order chi connectivity index (χ0) is 8.10. The van der Waals surface area contributed by atoms with Gasteiger partial charge in [-0.15, -0.1) is 5.10 Å². The van der Waals surface area contributed by atoms with Crippen LogP contribution in [0.4, 0.5) is 0 Å². The standard InChI is InChI=1S/C6H8N2O2S/c1-2-10-4-5(9)6-3-7-8-11-6/h3H,2,4H2,1H3. The highest BCUT2D eigenvalue weighted by atomic mass is 32.1. The maximum atomic E-state index is 11.1. The van der Waals surface area contributed by atoms with Crippen LogP contribution >= 0.6 is 11.5 Å². The van der Waals surface area contributed by atoms with Crippen molar-refractivity contribution < 1.29 is 9.53 Å². The molecule has 0 aliphatic heterocycles. The zero-order valence-corrected chi connectivity index (χ0v) is 6.93. The van der Waals surface area contributed by atoms with Gasteiger partial charge in [0, 0.05) is 6.61 Å². The first kappa shape index (κ1) is 8.29. The minimum absolute atomic E-state index is 0.0538. The van der Waals surface area contributed by atoms with Crippen molar-refractivity contribution in [2.45, 2.75) is 6.92 Å². The summed E-state index contributed by atoms with van der Waals surface area (Å²) in [6.07, 6.45) is 1.45. The van der Waals surface area contributed by atoms with Gasteiger partial charge in [0.2, 0.25) is 5.78 Å². The average Bonchev–Trinajstić information content (AvgIpc) is 2.52. The first-order valence-corrected chi connectivity index (χ1v) is 4.00. The van der Waals surface area contributed by atoms with Crippen molar-refractivity contribution in [3.8, 4) is 0 Å². The molecule has 1 rings (SSSR count). The summed E-state index contributed by atoms with van der Waals surface area (Å²) < 4.78 is 8.49. The van der Waals surface area contributed by atoms with Gasteiger partial charge in [-0.05, 0) is 18.5 Å². The van der Waals surface area contributed by atoms with Crippen LogP contribution < -0.4 is 0 Å². The topological polar surface area (TPSA) is 52.1 Å². The first-order valence-electron chi connectivity index (χ1n) is 3.23. The highest BCUT2D eigenvalue weighted by Gasteiger charge is 2.07. The molecule has 1 heterocycles. The van der Waals surface area contributed by atoms with E-state index in [-0.39, 0.29) is 12.4 Å². The number of Topliss-reactive ketones (excluding diaryl/α,β-unsaturated/α-hetero) is 1. The summed E-state index contributed by atoms with van der Waals surface area (Å²) in [6.45, 7) is 2.52. The van der Waals surface area contributed by atoms with Crippen LogP contribution in [0.3, 0.4) is 0 Å². The Labute approximate surface area is 68.4 Å². The number of nitrogens with zero attached hydrogens (tertiary/aromatic N) is 2. The van der Waals surface area contributed by atoms with Gasteiger partial charge in [0.15, 0.2) is 0 Å². The van der Waals surface area contributed by atoms with Crippen molar-refractivity contribution in [3.05, 3.63) is 11.1 Å². The van der Waals surface area contributed by atoms with E-state index in [9.17, 15) is 4.79 Å². The maximum absolute atomic E-state index is 11.1. The van der Waals surface area contributed by atoms with Crippen molar-refractivity contribution in [1.82, 2.24) is 9.59 Å². The molecule has 60 valence electrons. The Kier molecular flexibility index (Phi) is 3.13. The molecule has 11 heavy (non-hydrogen) atoms. The van der Waals surface area contributed by atoms with Gasteiger partial charge in [0.1, 0.15) is 11.5 Å². The van der Waals surface area contributed by atoms with Crippen LogP contribution in [0, 0.1) is 0 Å². The molecule has 0 fully saturated rings. The molecule has 1 aromatic heterocycles. The monoisotopic (exact) mass is 172 g/mol. The molecule has 4 nitrogen and oxygen atoms in total. The van der Waals surface area contributed by atoms with Gasteiger partial charge < -0.3 is 4.74 Å². The minimum atomic E-state index is -0.0538. The highest BCUT2D eigenvalue weighted by molar-refractivity contribution is 7.07. The van der Waals surface area contributed by atoms with E-state index < -0.39 is 0 Å². The Morgan fingerprint density at radius 1 is 1.82 bits per heavy atom. The van der Waals surface area contributed by atoms with Crippen molar-refractivity contribution in [1.29, 1.82) is 0 Å². The van der Waals surface area contributed by atoms with Gasteiger partial charge in [0.25, 0.3) is 0 Å². The van der Waals surface area contributed by atoms with Crippen LogP contribution in [-0.4, -0.2) is 28.6 Å². The van der Waals surface area contributed by atoms with E-state index >= 15 is 0 Å². The number of hydrogen-bond donors (Lipinski definition) is 0. The van der Waals surface area contributed by atoms with E-state index in [2.05, 4.69) is 9.59 Å². The molecule has 0 N–H and O–H groups in total. The fourth-order valence-corrected chi connectivity index (χ4v) is 0.993. The molecule has 0 saturated carbocycles. The minimum Gasteiger partial charge on any atom is -0.374 e. The molecule has 0 aromatic carbocycles. The van der Waals surface area contributed by atoms with Crippen molar-refractivity contribution >= 4 is 17.3 Å². The van der Waals surface area contributed by atoms with E-state index in [1.54, 1.807) is 0 Å². The van der Waals surface area contributed by atoms with E-state index in [1.165, 1.54) is 6.20 Å². The summed E-state index contributed by atoms with van der Waals surface area (Å²) in [6, 6.07) is 0. The van der Waals surface area contributed by atoms with Gasteiger partial charge in [0.05, 0.1) is 6.20 Å². The predicted octanol–water partition coefficient (Wildman–Crippen LogP) is 0.757. The van der Waals surface area contributed by atoms with Gasteiger partial charge >= 0.3 is 0 Å². The second-order valence-electron chi connectivity index (χ2n) is 1.84. The van der Waals surface area contributed by atoms with Gasteiger partial charge in [-0.25, -0.2) is 0 Å². The molecule has 0 aliphatic carbocycles. The van der Waals surface area contributed by atoms with Crippen LogP contribution in [0.25, 0.3) is 0 Å². The fraction of sp³-hybridized carbons (Fsp3) is 0.500. The molecule has 0 aliphatic rings. The summed E-state index contributed by atoms with van der Waals surface area (Å²) in [5, 5.41) is 3.54. The number of carbonyl (C=O) groups excluding carboxylic acids is 1. The lowest BCUT2D eigenvalue weighted by Crippen LogP contribution is -2.06. The summed E-state index contributed by atoms with van der Waals surface area (Å²) in [5.74, 6) is -0.0538. The van der Waals surface area contributed by atoms with Crippen molar-refractivity contribution in [3.63, 3.8) is 0 Å². The van der Waals surface area contributed by atoms with Gasteiger partial charge in [-0.2, -0.15) is 0 Å². The molecule has 0 amide bonds. The predicted molar refractivity (Wildman–Crippen MR) is 40.7 cm³/mol. The molecule has 1 aromatic rings. The Balaban J connectivity index is 2.43. The van der Waals surface area contributed by atoms with E-state index in [0.29, 0.717) is 11.5 Å². The van der Waals surface area contributed by atoms with Crippen LogP contribution in [0.1, 0.15) is 16.6 Å². The maximum Gasteiger partial charge on any atom is 0.201 e. The van der Waals surface area contributed by atoms with E-state index in [4.69, 9.17) is 4.74 Å². The van der Waals surface area contributed by atoms with Crippen LogP contribution in [0.15, 0.2) is 6.20 Å². The molecule has 0 saturated heterocycles. The van der Waals surface area contributed by atoms with Gasteiger partial charge in [-0.3, -0.25) is 4.79 Å². The Morgan fingerprint density at radius 2 is 2.64 bits per heavy atom. The molecule has 0 radical (unpaired) electrons. The van der Waals surface area contributed by atoms with Gasteiger partial charge in [-0.1, -0.05) is 4.49 Å². The number of hydrogen-bond acceptors (Lipinski definition) is 5. The number of ketones is 1. The molecular formula is C6H8N2O2S. The second kappa shape index (κ2) is 4.15. The zero-order valence-electron chi connectivity index (χ0n) is 6.11. The first-order chi connectivity index (χ1) is 5.34. The summed E-state index contributed by atoms with van der Waals surface area (Å²) in [4.78, 5) is 11.6. The van der Waals surface area contributed by atoms with Crippen LogP contribution in [0.2, 0.25) is 0 Å². The third-order valence-electron chi connectivity index (χ3n) is 1.07. The molecule has 0 unspecified atom stereocenters. The average molecular weight is 172 g/mol. The Bertz CT molecular complexity index is 222. The number of ether oxygens (including phenoxy) is 1. The SMILES string of the molecule is CCOCC(=O)c1cnns1. The van der Waals surface area contributed by atoms with Crippen molar-refractivity contribution in [2.75, 3.05) is 13.2 Å². The summed E-state index contributed by atoms with van der Waals surface area (Å²) in [5.41, 5.74) is 0. The summed E-state index contributed by atoms with van der Waals surface area (Å²) in [7, 11) is 0.